The van der Waals surface area contributed by atoms with Crippen molar-refractivity contribution in [2.24, 2.45) is 5.92 Å². The average Bonchev–Trinajstić information content (AvgIpc) is 3.37. The Morgan fingerprint density at radius 2 is 1.70 bits per heavy atom. The topological polar surface area (TPSA) is 65.7 Å². The molecule has 7 nitrogen and oxygen atoms in total. The zero-order chi connectivity index (χ0) is 26.0. The SMILES string of the molecule is O=C(C1CCN(Cc2nc(-c3ccc(Br)cc3)no2)CC1)N1CCN(c2cccc(C(F)(F)F)c2)CC1. The summed E-state index contributed by atoms with van der Waals surface area (Å²) < 4.78 is 45.6. The summed E-state index contributed by atoms with van der Waals surface area (Å²) in [6.07, 6.45) is -2.87. The minimum absolute atomic E-state index is 0.0441. The zero-order valence-electron chi connectivity index (χ0n) is 20.1. The monoisotopic (exact) mass is 577 g/mol. The lowest BCUT2D eigenvalue weighted by molar-refractivity contribution is -0.138. The first-order valence-electron chi connectivity index (χ1n) is 12.3. The Kier molecular flexibility index (Phi) is 7.52. The number of halogens is 4. The van der Waals surface area contributed by atoms with Crippen molar-refractivity contribution in [1.29, 1.82) is 0 Å². The number of likely N-dealkylation sites (tertiary alicyclic amines) is 1. The lowest BCUT2D eigenvalue weighted by atomic mass is 9.95. The summed E-state index contributed by atoms with van der Waals surface area (Å²) >= 11 is 3.42. The second-order valence-corrected chi connectivity index (χ2v) is 10.3. The Hall–Kier alpha value is -2.92. The van der Waals surface area contributed by atoms with Crippen LogP contribution in [-0.4, -0.2) is 65.1 Å². The van der Waals surface area contributed by atoms with Crippen LogP contribution >= 0.6 is 15.9 Å². The van der Waals surface area contributed by atoms with Crippen molar-refractivity contribution in [3.8, 4) is 11.4 Å². The molecular formula is C26H27BrF3N5O2. The van der Waals surface area contributed by atoms with Gasteiger partial charge in [-0.1, -0.05) is 27.2 Å². The third-order valence-corrected chi connectivity index (χ3v) is 7.52. The maximum atomic E-state index is 13.1. The van der Waals surface area contributed by atoms with E-state index in [-0.39, 0.29) is 11.8 Å². The van der Waals surface area contributed by atoms with Gasteiger partial charge in [0.15, 0.2) is 0 Å². The molecule has 1 aromatic heterocycles. The number of carbonyl (C=O) groups is 1. The molecule has 0 saturated carbocycles. The standard InChI is InChI=1S/C26H27BrF3N5O2/c27-21-6-4-18(5-7-21)24-31-23(37-32-24)17-33-10-8-19(9-11-33)25(36)35-14-12-34(13-15-35)22-3-1-2-20(16-22)26(28,29)30/h1-7,16,19H,8-15,17H2. The van der Waals surface area contributed by atoms with Crippen LogP contribution in [0.4, 0.5) is 18.9 Å². The molecular weight excluding hydrogens is 551 g/mol. The Balaban J connectivity index is 1.09. The van der Waals surface area contributed by atoms with Crippen LogP contribution in [0.3, 0.4) is 0 Å². The summed E-state index contributed by atoms with van der Waals surface area (Å²) in [6, 6.07) is 13.1. The minimum atomic E-state index is -4.37. The van der Waals surface area contributed by atoms with Gasteiger partial charge in [-0.25, -0.2) is 0 Å². The summed E-state index contributed by atoms with van der Waals surface area (Å²) in [5, 5.41) is 4.08. The molecule has 0 spiro atoms. The van der Waals surface area contributed by atoms with E-state index < -0.39 is 11.7 Å². The Labute approximate surface area is 221 Å². The van der Waals surface area contributed by atoms with Crippen molar-refractivity contribution in [2.75, 3.05) is 44.2 Å². The van der Waals surface area contributed by atoms with Crippen molar-refractivity contribution < 1.29 is 22.5 Å². The predicted molar refractivity (Wildman–Crippen MR) is 136 cm³/mol. The predicted octanol–water partition coefficient (Wildman–Crippen LogP) is 5.08. The number of amides is 1. The third-order valence-electron chi connectivity index (χ3n) is 7.00. The van der Waals surface area contributed by atoms with Crippen LogP contribution in [0.5, 0.6) is 0 Å². The molecule has 1 amide bonds. The van der Waals surface area contributed by atoms with Gasteiger partial charge in [0.25, 0.3) is 0 Å². The zero-order valence-corrected chi connectivity index (χ0v) is 21.7. The van der Waals surface area contributed by atoms with Gasteiger partial charge in [0, 0.05) is 47.8 Å². The van der Waals surface area contributed by atoms with E-state index in [0.717, 1.165) is 42.0 Å². The number of carbonyl (C=O) groups excluding carboxylic acids is 1. The molecule has 3 aromatic rings. The number of anilines is 1. The van der Waals surface area contributed by atoms with Crippen LogP contribution in [0.15, 0.2) is 57.5 Å². The first-order valence-corrected chi connectivity index (χ1v) is 13.1. The van der Waals surface area contributed by atoms with Crippen LogP contribution in [0, 0.1) is 5.92 Å². The number of hydrogen-bond acceptors (Lipinski definition) is 6. The number of alkyl halides is 3. The van der Waals surface area contributed by atoms with Gasteiger partial charge in [0.05, 0.1) is 12.1 Å². The second kappa shape index (κ2) is 10.8. The largest absolute Gasteiger partial charge is 0.416 e. The number of piperazine rings is 1. The summed E-state index contributed by atoms with van der Waals surface area (Å²) in [4.78, 5) is 23.6. The first-order chi connectivity index (χ1) is 17.8. The maximum Gasteiger partial charge on any atom is 0.416 e. The van der Waals surface area contributed by atoms with Crippen molar-refractivity contribution in [2.45, 2.75) is 25.6 Å². The molecule has 0 atom stereocenters. The fraction of sp³-hybridized carbons (Fsp3) is 0.423. The van der Waals surface area contributed by atoms with E-state index in [1.807, 2.05) is 34.1 Å². The first kappa shape index (κ1) is 25.7. The summed E-state index contributed by atoms with van der Waals surface area (Å²) in [5.74, 6) is 1.20. The molecule has 2 aliphatic rings. The number of hydrogen-bond donors (Lipinski definition) is 0. The molecule has 2 saturated heterocycles. The number of piperidine rings is 1. The highest BCUT2D eigenvalue weighted by atomic mass is 79.9. The van der Waals surface area contributed by atoms with Gasteiger partial charge >= 0.3 is 6.18 Å². The lowest BCUT2D eigenvalue weighted by Crippen LogP contribution is -2.51. The molecule has 2 fully saturated rings. The van der Waals surface area contributed by atoms with Gasteiger partial charge in [0.1, 0.15) is 0 Å². The molecule has 11 heteroatoms. The van der Waals surface area contributed by atoms with E-state index in [1.54, 1.807) is 6.07 Å². The van der Waals surface area contributed by atoms with Crippen molar-refractivity contribution in [1.82, 2.24) is 19.9 Å². The fourth-order valence-corrected chi connectivity index (χ4v) is 5.15. The molecule has 0 radical (unpaired) electrons. The molecule has 5 rings (SSSR count). The fourth-order valence-electron chi connectivity index (χ4n) is 4.89. The van der Waals surface area contributed by atoms with E-state index in [0.29, 0.717) is 50.1 Å². The van der Waals surface area contributed by atoms with Gasteiger partial charge in [-0.3, -0.25) is 9.69 Å². The van der Waals surface area contributed by atoms with E-state index in [9.17, 15) is 18.0 Å². The van der Waals surface area contributed by atoms with Crippen molar-refractivity contribution in [3.05, 3.63) is 64.5 Å². The Morgan fingerprint density at radius 1 is 1.00 bits per heavy atom. The highest BCUT2D eigenvalue weighted by Crippen LogP contribution is 2.32. The molecule has 3 heterocycles. The summed E-state index contributed by atoms with van der Waals surface area (Å²) in [6.45, 7) is 4.12. The number of benzene rings is 2. The van der Waals surface area contributed by atoms with Crippen LogP contribution in [0.25, 0.3) is 11.4 Å². The lowest BCUT2D eigenvalue weighted by Gasteiger charge is -2.39. The molecule has 0 unspecified atom stereocenters. The number of rotatable bonds is 5. The van der Waals surface area contributed by atoms with Crippen molar-refractivity contribution in [3.63, 3.8) is 0 Å². The molecule has 2 aromatic carbocycles. The smallest absolute Gasteiger partial charge is 0.368 e. The normalized spacial score (nSPS) is 17.8. The van der Waals surface area contributed by atoms with Crippen molar-refractivity contribution >= 4 is 27.5 Å². The second-order valence-electron chi connectivity index (χ2n) is 9.43. The summed E-state index contributed by atoms with van der Waals surface area (Å²) in [5.41, 5.74) is 0.774. The quantitative estimate of drug-likeness (QED) is 0.421. The molecule has 0 N–H and O–H groups in total. The highest BCUT2D eigenvalue weighted by molar-refractivity contribution is 9.10. The molecule has 196 valence electrons. The Bertz CT molecular complexity index is 1220. The molecule has 2 aliphatic heterocycles. The molecule has 0 bridgehead atoms. The highest BCUT2D eigenvalue weighted by Gasteiger charge is 2.33. The number of aromatic nitrogens is 2. The van der Waals surface area contributed by atoms with Gasteiger partial charge in [-0.15, -0.1) is 0 Å². The van der Waals surface area contributed by atoms with Gasteiger partial charge in [-0.05, 0) is 68.4 Å². The Morgan fingerprint density at radius 3 is 2.38 bits per heavy atom. The van der Waals surface area contributed by atoms with E-state index >= 15 is 0 Å². The van der Waals surface area contributed by atoms with Crippen LogP contribution in [-0.2, 0) is 17.5 Å². The minimum Gasteiger partial charge on any atom is -0.368 e. The van der Waals surface area contributed by atoms with Crippen LogP contribution in [0.1, 0.15) is 24.3 Å². The van der Waals surface area contributed by atoms with E-state index in [4.69, 9.17) is 4.52 Å². The molecule has 37 heavy (non-hydrogen) atoms. The molecule has 0 aliphatic carbocycles. The third kappa shape index (κ3) is 6.15. The van der Waals surface area contributed by atoms with E-state index in [2.05, 4.69) is 31.0 Å². The summed E-state index contributed by atoms with van der Waals surface area (Å²) in [7, 11) is 0. The maximum absolute atomic E-state index is 13.1. The van der Waals surface area contributed by atoms with Crippen LogP contribution in [0.2, 0.25) is 0 Å². The van der Waals surface area contributed by atoms with Gasteiger partial charge < -0.3 is 14.3 Å². The number of nitrogens with zero attached hydrogens (tertiary/aromatic N) is 5. The van der Waals surface area contributed by atoms with Gasteiger partial charge in [-0.2, -0.15) is 18.2 Å². The average molecular weight is 578 g/mol. The van der Waals surface area contributed by atoms with Gasteiger partial charge in [0.2, 0.25) is 17.6 Å². The van der Waals surface area contributed by atoms with Crippen LogP contribution < -0.4 is 4.90 Å². The van der Waals surface area contributed by atoms with E-state index in [1.165, 1.54) is 12.1 Å².